The van der Waals surface area contributed by atoms with Gasteiger partial charge in [0, 0.05) is 24.0 Å². The van der Waals surface area contributed by atoms with Crippen molar-refractivity contribution >= 4 is 66.7 Å². The molecule has 0 heterocycles. The Bertz CT molecular complexity index is 1760. The highest BCUT2D eigenvalue weighted by Gasteiger charge is 2.34. The number of hydrogen-bond acceptors (Lipinski definition) is 4. The Morgan fingerprint density at radius 1 is 0.870 bits per heavy atom. The van der Waals surface area contributed by atoms with Crippen molar-refractivity contribution in [2.45, 2.75) is 50.6 Å². The molecule has 0 aliphatic rings. The first-order chi connectivity index (χ1) is 22.0. The number of sulfonamides is 1. The molecule has 0 aliphatic heterocycles. The van der Waals surface area contributed by atoms with Crippen LogP contribution in [0.15, 0.2) is 106 Å². The summed E-state index contributed by atoms with van der Waals surface area (Å²) in [6.07, 6.45) is 1.90. The number of unbranched alkanes of at least 4 members (excludes halogenated alkanes) is 1. The Morgan fingerprint density at radius 3 is 2.22 bits per heavy atom. The van der Waals surface area contributed by atoms with E-state index in [1.165, 1.54) is 35.2 Å². The van der Waals surface area contributed by atoms with E-state index in [1.54, 1.807) is 12.1 Å². The molecule has 0 saturated carbocycles. The van der Waals surface area contributed by atoms with Crippen LogP contribution in [0.1, 0.15) is 36.5 Å². The number of rotatable bonds is 14. The fourth-order valence-electron chi connectivity index (χ4n) is 4.90. The monoisotopic (exact) mass is 743 g/mol. The molecular formula is C35H36BrCl2N3O4S. The number of anilines is 1. The zero-order chi connectivity index (χ0) is 33.3. The van der Waals surface area contributed by atoms with E-state index in [4.69, 9.17) is 23.2 Å². The van der Waals surface area contributed by atoms with Crippen LogP contribution in [0, 0.1) is 6.92 Å². The van der Waals surface area contributed by atoms with Gasteiger partial charge < -0.3 is 10.2 Å². The molecule has 4 rings (SSSR count). The van der Waals surface area contributed by atoms with Crippen LogP contribution in [0.3, 0.4) is 0 Å². The average molecular weight is 746 g/mol. The number of amides is 2. The van der Waals surface area contributed by atoms with Crippen LogP contribution >= 0.6 is 39.1 Å². The summed E-state index contributed by atoms with van der Waals surface area (Å²) < 4.78 is 30.2. The van der Waals surface area contributed by atoms with Crippen molar-refractivity contribution in [2.24, 2.45) is 0 Å². The first-order valence-corrected chi connectivity index (χ1v) is 17.9. The van der Waals surface area contributed by atoms with Gasteiger partial charge in [-0.15, -0.1) is 0 Å². The fraction of sp³-hybridized carbons (Fsp3) is 0.257. The van der Waals surface area contributed by atoms with E-state index in [1.807, 2.05) is 68.4 Å². The maximum Gasteiger partial charge on any atom is 0.264 e. The van der Waals surface area contributed by atoms with E-state index >= 15 is 0 Å². The lowest BCUT2D eigenvalue weighted by atomic mass is 10.0. The van der Waals surface area contributed by atoms with Gasteiger partial charge in [-0.05, 0) is 66.9 Å². The number of nitrogens with zero attached hydrogens (tertiary/aromatic N) is 2. The number of carbonyl (C=O) groups excluding carboxylic acids is 2. The van der Waals surface area contributed by atoms with E-state index in [0.29, 0.717) is 6.54 Å². The minimum Gasteiger partial charge on any atom is -0.354 e. The SMILES string of the molecule is CCCCNC(=O)[C@@H](Cc1ccccc1)N(Cc1cccc(Br)c1)C(=O)CN(c1ccc(Cl)c(Cl)c1)S(=O)(=O)c1ccc(C)cc1. The standard InChI is InChI=1S/C35H36BrCl2N3O4S/c1-3-4-19-39-35(43)33(21-26-9-6-5-7-10-26)40(23-27-11-8-12-28(36)20-27)34(42)24-41(29-15-18-31(37)32(38)22-29)46(44,45)30-16-13-25(2)14-17-30/h5-18,20,22,33H,3-4,19,21,23-24H2,1-2H3,(H,39,43)/t33-/m1/s1. The summed E-state index contributed by atoms with van der Waals surface area (Å²) in [5.41, 5.74) is 2.68. The Morgan fingerprint density at radius 2 is 1.57 bits per heavy atom. The van der Waals surface area contributed by atoms with Crippen LogP contribution in [0.5, 0.6) is 0 Å². The number of halogens is 3. The van der Waals surface area contributed by atoms with Crippen LogP contribution in [-0.4, -0.2) is 44.3 Å². The van der Waals surface area contributed by atoms with E-state index in [0.717, 1.165) is 38.3 Å². The van der Waals surface area contributed by atoms with Crippen molar-refractivity contribution < 1.29 is 18.0 Å². The van der Waals surface area contributed by atoms with Gasteiger partial charge in [-0.25, -0.2) is 8.42 Å². The summed E-state index contributed by atoms with van der Waals surface area (Å²) >= 11 is 16.0. The summed E-state index contributed by atoms with van der Waals surface area (Å²) in [6, 6.07) is 26.7. The largest absolute Gasteiger partial charge is 0.354 e. The number of aryl methyl sites for hydroxylation is 1. The second-order valence-electron chi connectivity index (χ2n) is 10.9. The highest BCUT2D eigenvalue weighted by molar-refractivity contribution is 9.10. The second-order valence-corrected chi connectivity index (χ2v) is 14.5. The molecule has 4 aromatic rings. The fourth-order valence-corrected chi connectivity index (χ4v) is 7.04. The molecule has 11 heteroatoms. The molecule has 0 aliphatic carbocycles. The van der Waals surface area contributed by atoms with Gasteiger partial charge in [0.1, 0.15) is 12.6 Å². The van der Waals surface area contributed by atoms with Gasteiger partial charge in [0.2, 0.25) is 11.8 Å². The van der Waals surface area contributed by atoms with Crippen LogP contribution < -0.4 is 9.62 Å². The predicted octanol–water partition coefficient (Wildman–Crippen LogP) is 7.82. The minimum absolute atomic E-state index is 0.00802. The molecule has 1 N–H and O–H groups in total. The number of benzene rings is 4. The molecule has 242 valence electrons. The van der Waals surface area contributed by atoms with Crippen molar-refractivity contribution in [1.29, 1.82) is 0 Å². The van der Waals surface area contributed by atoms with E-state index in [2.05, 4.69) is 21.2 Å². The molecule has 0 unspecified atom stereocenters. The van der Waals surface area contributed by atoms with Gasteiger partial charge >= 0.3 is 0 Å². The Labute approximate surface area is 289 Å². The predicted molar refractivity (Wildman–Crippen MR) is 189 cm³/mol. The summed E-state index contributed by atoms with van der Waals surface area (Å²) in [7, 11) is -4.25. The number of nitrogens with one attached hydrogen (secondary N) is 1. The molecule has 1 atom stereocenters. The first kappa shape index (κ1) is 35.5. The number of carbonyl (C=O) groups is 2. The minimum atomic E-state index is -4.25. The summed E-state index contributed by atoms with van der Waals surface area (Å²) in [4.78, 5) is 29.8. The molecule has 0 radical (unpaired) electrons. The third-order valence-electron chi connectivity index (χ3n) is 7.42. The summed E-state index contributed by atoms with van der Waals surface area (Å²) in [5, 5.41) is 3.37. The van der Waals surface area contributed by atoms with Crippen LogP contribution in [0.25, 0.3) is 0 Å². The van der Waals surface area contributed by atoms with E-state index in [-0.39, 0.29) is 39.5 Å². The lowest BCUT2D eigenvalue weighted by Gasteiger charge is -2.34. The van der Waals surface area contributed by atoms with E-state index in [9.17, 15) is 18.0 Å². The topological polar surface area (TPSA) is 86.8 Å². The zero-order valence-electron chi connectivity index (χ0n) is 25.6. The Balaban J connectivity index is 1.81. The quantitative estimate of drug-likeness (QED) is 0.134. The van der Waals surface area contributed by atoms with Crippen LogP contribution in [0.4, 0.5) is 5.69 Å². The smallest absolute Gasteiger partial charge is 0.264 e. The van der Waals surface area contributed by atoms with Crippen molar-refractivity contribution in [1.82, 2.24) is 10.2 Å². The molecule has 46 heavy (non-hydrogen) atoms. The van der Waals surface area contributed by atoms with Crippen molar-refractivity contribution in [3.8, 4) is 0 Å². The molecular weight excluding hydrogens is 709 g/mol. The Hall–Kier alpha value is -3.37. The summed E-state index contributed by atoms with van der Waals surface area (Å²) in [6.45, 7) is 3.82. The third-order valence-corrected chi connectivity index (χ3v) is 10.4. The van der Waals surface area contributed by atoms with E-state index < -0.39 is 28.5 Å². The van der Waals surface area contributed by atoms with Gasteiger partial charge in [-0.3, -0.25) is 13.9 Å². The number of hydrogen-bond donors (Lipinski definition) is 1. The van der Waals surface area contributed by atoms with Gasteiger partial charge in [0.25, 0.3) is 10.0 Å². The summed E-state index contributed by atoms with van der Waals surface area (Å²) in [5.74, 6) is -0.878. The van der Waals surface area contributed by atoms with Gasteiger partial charge in [-0.2, -0.15) is 0 Å². The highest BCUT2D eigenvalue weighted by atomic mass is 79.9. The molecule has 7 nitrogen and oxygen atoms in total. The molecule has 0 spiro atoms. The van der Waals surface area contributed by atoms with Gasteiger partial charge in [-0.1, -0.05) is 113 Å². The molecule has 2 amide bonds. The van der Waals surface area contributed by atoms with Crippen LogP contribution in [-0.2, 0) is 32.6 Å². The third kappa shape index (κ3) is 9.35. The molecule has 0 saturated heterocycles. The highest BCUT2D eigenvalue weighted by Crippen LogP contribution is 2.31. The second kappa shape index (κ2) is 16.5. The molecule has 4 aromatic carbocycles. The lowest BCUT2D eigenvalue weighted by Crippen LogP contribution is -2.53. The molecule has 0 aromatic heterocycles. The molecule has 0 fully saturated rings. The lowest BCUT2D eigenvalue weighted by molar-refractivity contribution is -0.140. The average Bonchev–Trinajstić information content (AvgIpc) is 3.03. The van der Waals surface area contributed by atoms with Crippen LogP contribution in [0.2, 0.25) is 10.0 Å². The van der Waals surface area contributed by atoms with Gasteiger partial charge in [0.05, 0.1) is 20.6 Å². The zero-order valence-corrected chi connectivity index (χ0v) is 29.5. The van der Waals surface area contributed by atoms with Crippen molar-refractivity contribution in [2.75, 3.05) is 17.4 Å². The van der Waals surface area contributed by atoms with Gasteiger partial charge in [0.15, 0.2) is 0 Å². The van der Waals surface area contributed by atoms with Crippen molar-refractivity contribution in [3.63, 3.8) is 0 Å². The maximum absolute atomic E-state index is 14.5. The maximum atomic E-state index is 14.5. The van der Waals surface area contributed by atoms with Crippen molar-refractivity contribution in [3.05, 3.63) is 128 Å². The first-order valence-electron chi connectivity index (χ1n) is 14.9. The Kier molecular flexibility index (Phi) is 12.7. The normalized spacial score (nSPS) is 11.9. The molecule has 0 bridgehead atoms.